The summed E-state index contributed by atoms with van der Waals surface area (Å²) in [6.45, 7) is 3.75. The second-order valence-electron chi connectivity index (χ2n) is 13.5. The quantitative estimate of drug-likeness (QED) is 0.0284. The Hall–Kier alpha value is -2.29. The Morgan fingerprint density at radius 2 is 1.04 bits per heavy atom. The number of phosphoric ester groups is 1. The molecule has 9 nitrogen and oxygen atoms in total. The summed E-state index contributed by atoms with van der Waals surface area (Å²) in [6, 6.07) is 0. The highest BCUT2D eigenvalue weighted by molar-refractivity contribution is 7.45. The second-order valence-corrected chi connectivity index (χ2v) is 14.9. The van der Waals surface area contributed by atoms with E-state index in [-0.39, 0.29) is 32.6 Å². The Balaban J connectivity index is 4.28. The molecule has 0 aromatic carbocycles. The van der Waals surface area contributed by atoms with Crippen molar-refractivity contribution >= 4 is 19.8 Å². The molecule has 0 heterocycles. The van der Waals surface area contributed by atoms with Crippen molar-refractivity contribution in [3.05, 3.63) is 60.8 Å². The van der Waals surface area contributed by atoms with Crippen molar-refractivity contribution in [3.63, 3.8) is 0 Å². The zero-order chi connectivity index (χ0) is 38.9. The lowest BCUT2D eigenvalue weighted by Gasteiger charge is -2.25. The lowest BCUT2D eigenvalue weighted by atomic mass is 10.0. The Morgan fingerprint density at radius 1 is 0.585 bits per heavy atom. The molecule has 0 fully saturated rings. The molecule has 0 radical (unpaired) electrons. The van der Waals surface area contributed by atoms with E-state index in [1.165, 1.54) is 77.0 Å². The van der Waals surface area contributed by atoms with Crippen LogP contribution in [-0.4, -0.2) is 44.4 Å². The van der Waals surface area contributed by atoms with Gasteiger partial charge in [-0.2, -0.15) is 0 Å². The third-order valence-corrected chi connectivity index (χ3v) is 9.40. The van der Waals surface area contributed by atoms with E-state index in [9.17, 15) is 19.0 Å². The van der Waals surface area contributed by atoms with Gasteiger partial charge in [0, 0.05) is 12.8 Å². The van der Waals surface area contributed by atoms with E-state index in [1.807, 2.05) is 6.08 Å². The number of allylic oxidation sites excluding steroid dienone is 10. The van der Waals surface area contributed by atoms with Crippen LogP contribution in [0.3, 0.4) is 0 Å². The second kappa shape index (κ2) is 39.4. The lowest BCUT2D eigenvalue weighted by Crippen LogP contribution is -2.52. The molecule has 1 unspecified atom stereocenters. The van der Waals surface area contributed by atoms with Crippen molar-refractivity contribution in [1.82, 2.24) is 0 Å². The molecular weight excluding hydrogens is 689 g/mol. The third kappa shape index (κ3) is 39.2. The van der Waals surface area contributed by atoms with Crippen molar-refractivity contribution in [2.45, 2.75) is 174 Å². The molecule has 10 heteroatoms. The van der Waals surface area contributed by atoms with Crippen LogP contribution in [0.15, 0.2) is 60.8 Å². The van der Waals surface area contributed by atoms with Gasteiger partial charge in [-0.05, 0) is 51.4 Å². The normalized spacial score (nSPS) is 14.0. The molecular formula is C43H76NO8P. The van der Waals surface area contributed by atoms with Crippen molar-refractivity contribution in [2.75, 3.05) is 26.4 Å². The third-order valence-electron chi connectivity index (χ3n) is 8.43. The monoisotopic (exact) mass is 766 g/mol. The van der Waals surface area contributed by atoms with Crippen LogP contribution in [0.1, 0.15) is 168 Å². The molecule has 0 aliphatic heterocycles. The first-order valence-corrected chi connectivity index (χ1v) is 22.3. The van der Waals surface area contributed by atoms with Gasteiger partial charge >= 0.3 is 11.9 Å². The maximum atomic E-state index is 12.5. The molecule has 0 rings (SSSR count). The molecule has 0 saturated carbocycles. The number of carbonyl (C=O) groups excluding carboxylic acids is 2. The molecule has 53 heavy (non-hydrogen) atoms. The fraction of sp³-hybridized carbons (Fsp3) is 0.721. The van der Waals surface area contributed by atoms with Crippen LogP contribution in [0.4, 0.5) is 0 Å². The van der Waals surface area contributed by atoms with Gasteiger partial charge < -0.3 is 29.1 Å². The standard InChI is InChI=1S/C43H76NO8P/c1-3-5-7-9-11-13-15-17-19-20-22-24-26-28-30-32-34-36-43(46)52-41(40-51-53(47,48)50-38-37-44)39-49-42(45)35-33-31-29-27-25-23-21-18-16-14-12-10-8-6-4-2/h5,7,11,13,17,19,22,24,28,30,41H,3-4,6,8-10,12,14-16,18,20-21,23,25-27,29,31-40,44H2,1-2H3,(H,47,48)/b7-5+,13-11+,19-17+,24-22+,30-28+/t41-/m1/s1. The predicted octanol–water partition coefficient (Wildman–Crippen LogP) is 10.4. The SMILES string of the molecule is CC/C=C/C/C=C/C/C=C/C/C=C/C/C=C/CCCC(=O)O[C@H](COC(=O)CCCCCCCCCCCCCCCCC)COP(=O)([O-])OCC[NH3+]. The van der Waals surface area contributed by atoms with Gasteiger partial charge in [0.15, 0.2) is 6.10 Å². The number of phosphoric acid groups is 1. The van der Waals surface area contributed by atoms with E-state index in [4.69, 9.17) is 18.5 Å². The van der Waals surface area contributed by atoms with Crippen molar-refractivity contribution in [1.29, 1.82) is 0 Å². The Morgan fingerprint density at radius 3 is 1.53 bits per heavy atom. The van der Waals surface area contributed by atoms with Crippen LogP contribution in [0, 0.1) is 0 Å². The summed E-state index contributed by atoms with van der Waals surface area (Å²) in [4.78, 5) is 36.9. The van der Waals surface area contributed by atoms with E-state index >= 15 is 0 Å². The summed E-state index contributed by atoms with van der Waals surface area (Å²) in [7, 11) is -4.60. The van der Waals surface area contributed by atoms with Crippen molar-refractivity contribution < 1.29 is 43.3 Å². The number of carbonyl (C=O) groups is 2. The van der Waals surface area contributed by atoms with Crippen LogP contribution in [-0.2, 0) is 32.7 Å². The molecule has 0 bridgehead atoms. The summed E-state index contributed by atoms with van der Waals surface area (Å²) >= 11 is 0. The highest BCUT2D eigenvalue weighted by Crippen LogP contribution is 2.38. The number of unbranched alkanes of at least 4 members (excludes halogenated alkanes) is 15. The van der Waals surface area contributed by atoms with E-state index < -0.39 is 32.5 Å². The zero-order valence-electron chi connectivity index (χ0n) is 33.6. The van der Waals surface area contributed by atoms with Gasteiger partial charge in [-0.25, -0.2) is 0 Å². The number of ether oxygens (including phenoxy) is 2. The number of esters is 2. The maximum absolute atomic E-state index is 12.5. The highest BCUT2D eigenvalue weighted by Gasteiger charge is 2.21. The average Bonchev–Trinajstić information content (AvgIpc) is 3.14. The smallest absolute Gasteiger partial charge is 0.306 e. The van der Waals surface area contributed by atoms with Gasteiger partial charge in [-0.3, -0.25) is 14.2 Å². The van der Waals surface area contributed by atoms with Gasteiger partial charge in [0.1, 0.15) is 13.2 Å². The van der Waals surface area contributed by atoms with E-state index in [2.05, 4.69) is 74.3 Å². The lowest BCUT2D eigenvalue weighted by molar-refractivity contribution is -0.373. The molecule has 0 aromatic heterocycles. The van der Waals surface area contributed by atoms with Crippen LogP contribution >= 0.6 is 7.82 Å². The fourth-order valence-electron chi connectivity index (χ4n) is 5.38. The Kier molecular flexibility index (Phi) is 37.7. The number of rotatable bonds is 38. The van der Waals surface area contributed by atoms with Crippen LogP contribution in [0.25, 0.3) is 0 Å². The molecule has 0 aliphatic carbocycles. The molecule has 0 saturated heterocycles. The van der Waals surface area contributed by atoms with E-state index in [0.29, 0.717) is 12.8 Å². The molecule has 0 spiro atoms. The first kappa shape index (κ1) is 50.7. The van der Waals surface area contributed by atoms with Gasteiger partial charge in [-0.15, -0.1) is 0 Å². The molecule has 306 valence electrons. The fourth-order valence-corrected chi connectivity index (χ4v) is 6.16. The number of hydrogen-bond donors (Lipinski definition) is 1. The average molecular weight is 766 g/mol. The molecule has 2 atom stereocenters. The zero-order valence-corrected chi connectivity index (χ0v) is 34.5. The largest absolute Gasteiger partial charge is 0.756 e. The topological polar surface area (TPSA) is 139 Å². The van der Waals surface area contributed by atoms with Crippen molar-refractivity contribution in [2.24, 2.45) is 0 Å². The van der Waals surface area contributed by atoms with E-state index in [1.54, 1.807) is 0 Å². The van der Waals surface area contributed by atoms with Crippen molar-refractivity contribution in [3.8, 4) is 0 Å². The highest BCUT2D eigenvalue weighted by atomic mass is 31.2. The summed E-state index contributed by atoms with van der Waals surface area (Å²) in [5.74, 6) is -0.915. The summed E-state index contributed by atoms with van der Waals surface area (Å²) in [5, 5.41) is 0. The first-order chi connectivity index (χ1) is 25.8. The van der Waals surface area contributed by atoms with Crippen LogP contribution in [0.2, 0.25) is 0 Å². The van der Waals surface area contributed by atoms with Gasteiger partial charge in [0.2, 0.25) is 0 Å². The first-order valence-electron chi connectivity index (χ1n) is 20.8. The van der Waals surface area contributed by atoms with E-state index in [0.717, 1.165) is 51.4 Å². The van der Waals surface area contributed by atoms with Gasteiger partial charge in [0.25, 0.3) is 7.82 Å². The summed E-state index contributed by atoms with van der Waals surface area (Å²) in [5.41, 5.74) is 3.54. The Bertz CT molecular complexity index is 1050. The van der Waals surface area contributed by atoms with Crippen LogP contribution in [0.5, 0.6) is 0 Å². The summed E-state index contributed by atoms with van der Waals surface area (Å²) < 4.78 is 32.4. The Labute approximate surface area is 323 Å². The predicted molar refractivity (Wildman–Crippen MR) is 216 cm³/mol. The minimum atomic E-state index is -4.60. The molecule has 0 amide bonds. The minimum absolute atomic E-state index is 0.116. The van der Waals surface area contributed by atoms with Gasteiger partial charge in [0.05, 0.1) is 13.2 Å². The minimum Gasteiger partial charge on any atom is -0.756 e. The summed E-state index contributed by atoms with van der Waals surface area (Å²) in [6.07, 6.45) is 45.3. The molecule has 3 N–H and O–H groups in total. The molecule has 0 aliphatic rings. The van der Waals surface area contributed by atoms with Crippen LogP contribution < -0.4 is 10.6 Å². The number of quaternary nitrogens is 1. The maximum Gasteiger partial charge on any atom is 0.306 e. The molecule has 0 aromatic rings. The van der Waals surface area contributed by atoms with Gasteiger partial charge in [-0.1, -0.05) is 164 Å². The number of hydrogen-bond acceptors (Lipinski definition) is 8.